The van der Waals surface area contributed by atoms with E-state index in [9.17, 15) is 4.79 Å². The number of ether oxygens (including phenoxy) is 1. The molecule has 0 bridgehead atoms. The van der Waals surface area contributed by atoms with Crippen LogP contribution in [0.2, 0.25) is 0 Å². The van der Waals surface area contributed by atoms with Crippen molar-refractivity contribution in [1.29, 1.82) is 0 Å². The summed E-state index contributed by atoms with van der Waals surface area (Å²) in [5.41, 5.74) is 3.20. The third-order valence-electron chi connectivity index (χ3n) is 4.38. The molecule has 2 atom stereocenters. The van der Waals surface area contributed by atoms with Crippen molar-refractivity contribution in [2.24, 2.45) is 0 Å². The molecule has 1 aromatic heterocycles. The molecule has 25 heavy (non-hydrogen) atoms. The highest BCUT2D eigenvalue weighted by atomic mass is 32.2. The number of hydrogen-bond donors (Lipinski definition) is 1. The van der Waals surface area contributed by atoms with Crippen LogP contribution in [-0.2, 0) is 16.2 Å². The van der Waals surface area contributed by atoms with Crippen molar-refractivity contribution in [3.63, 3.8) is 0 Å². The van der Waals surface area contributed by atoms with Crippen LogP contribution in [0.1, 0.15) is 11.1 Å². The first-order valence-electron chi connectivity index (χ1n) is 8.13. The second kappa shape index (κ2) is 7.67. The van der Waals surface area contributed by atoms with E-state index < -0.39 is 0 Å². The molecule has 1 aliphatic heterocycles. The van der Waals surface area contributed by atoms with Gasteiger partial charge in [0.2, 0.25) is 4.77 Å². The van der Waals surface area contributed by atoms with E-state index in [0.717, 1.165) is 29.1 Å². The summed E-state index contributed by atoms with van der Waals surface area (Å²) >= 11 is 7.24. The van der Waals surface area contributed by atoms with Gasteiger partial charge in [0.15, 0.2) is 11.9 Å². The standard InChI is InChI=1S/C16H21N5O2S2/c1-11-5-4-6-12(2)14(11)21-16(24)20(17-18-21)10-19-7-8-25-13(9-19)15(22)23-3/h4-6,13H,7-10H2,1-3H3/p+1/t13-/m1/s1. The molecular weight excluding hydrogens is 358 g/mol. The minimum atomic E-state index is -0.162. The molecule has 0 amide bonds. The first-order chi connectivity index (χ1) is 12.0. The Morgan fingerprint density at radius 1 is 1.40 bits per heavy atom. The summed E-state index contributed by atoms with van der Waals surface area (Å²) in [6, 6.07) is 6.10. The molecule has 2 aromatic rings. The van der Waals surface area contributed by atoms with Crippen LogP contribution in [0.15, 0.2) is 18.2 Å². The fourth-order valence-electron chi connectivity index (χ4n) is 3.06. The van der Waals surface area contributed by atoms with Crippen molar-refractivity contribution in [2.75, 3.05) is 26.0 Å². The number of carbonyl (C=O) groups is 1. The van der Waals surface area contributed by atoms with E-state index in [0.29, 0.717) is 18.0 Å². The first-order valence-corrected chi connectivity index (χ1v) is 9.59. The molecule has 9 heteroatoms. The van der Waals surface area contributed by atoms with Gasteiger partial charge in [-0.1, -0.05) is 18.2 Å². The van der Waals surface area contributed by atoms with Crippen molar-refractivity contribution in [3.05, 3.63) is 34.1 Å². The van der Waals surface area contributed by atoms with Gasteiger partial charge in [-0.2, -0.15) is 9.36 Å². The van der Waals surface area contributed by atoms with E-state index in [1.54, 1.807) is 21.1 Å². The maximum absolute atomic E-state index is 11.8. The maximum Gasteiger partial charge on any atom is 0.324 e. The quantitative estimate of drug-likeness (QED) is 0.617. The molecule has 2 heterocycles. The van der Waals surface area contributed by atoms with Gasteiger partial charge in [0.25, 0.3) is 0 Å². The number of carbonyl (C=O) groups excluding carboxylic acids is 1. The second-order valence-corrected chi connectivity index (χ2v) is 7.83. The Bertz CT molecular complexity index is 812. The number of nitrogens with zero attached hydrogens (tertiary/aromatic N) is 4. The monoisotopic (exact) mass is 380 g/mol. The molecule has 134 valence electrons. The second-order valence-electron chi connectivity index (χ2n) is 6.16. The molecule has 0 radical (unpaired) electrons. The van der Waals surface area contributed by atoms with Crippen molar-refractivity contribution in [1.82, 2.24) is 19.8 Å². The van der Waals surface area contributed by atoms with E-state index in [1.165, 1.54) is 12.0 Å². The molecular formula is C16H22N5O2S2+. The lowest BCUT2D eigenvalue weighted by molar-refractivity contribution is -0.921. The molecule has 0 spiro atoms. The molecule has 1 aromatic carbocycles. The Balaban J connectivity index is 1.80. The van der Waals surface area contributed by atoms with E-state index in [1.807, 2.05) is 32.0 Å². The number of hydrogen-bond acceptors (Lipinski definition) is 6. The van der Waals surface area contributed by atoms with Gasteiger partial charge >= 0.3 is 5.97 Å². The van der Waals surface area contributed by atoms with E-state index in [-0.39, 0.29) is 11.2 Å². The Hall–Kier alpha value is -1.71. The van der Waals surface area contributed by atoms with Crippen LogP contribution < -0.4 is 4.90 Å². The lowest BCUT2D eigenvalue weighted by atomic mass is 10.1. The van der Waals surface area contributed by atoms with Crippen molar-refractivity contribution in [3.8, 4) is 5.69 Å². The molecule has 1 aliphatic rings. The lowest BCUT2D eigenvalue weighted by Crippen LogP contribution is -3.14. The van der Waals surface area contributed by atoms with Crippen molar-refractivity contribution in [2.45, 2.75) is 25.8 Å². The minimum Gasteiger partial charge on any atom is -0.468 e. The highest BCUT2D eigenvalue weighted by Gasteiger charge is 2.30. The number of nitrogens with one attached hydrogen (secondary N) is 1. The highest BCUT2D eigenvalue weighted by Crippen LogP contribution is 2.17. The topological polar surface area (TPSA) is 66.4 Å². The third kappa shape index (κ3) is 3.78. The summed E-state index contributed by atoms with van der Waals surface area (Å²) < 4.78 is 8.89. The average Bonchev–Trinajstić information content (AvgIpc) is 2.95. The van der Waals surface area contributed by atoms with Gasteiger partial charge in [-0.25, -0.2) is 0 Å². The summed E-state index contributed by atoms with van der Waals surface area (Å²) in [5.74, 6) is 0.748. The zero-order chi connectivity index (χ0) is 18.0. The van der Waals surface area contributed by atoms with Gasteiger partial charge in [-0.3, -0.25) is 4.79 Å². The van der Waals surface area contributed by atoms with Crippen LogP contribution in [0.3, 0.4) is 0 Å². The fourth-order valence-corrected chi connectivity index (χ4v) is 4.57. The largest absolute Gasteiger partial charge is 0.468 e. The average molecular weight is 381 g/mol. The number of esters is 1. The van der Waals surface area contributed by atoms with E-state index >= 15 is 0 Å². The minimum absolute atomic E-state index is 0.128. The van der Waals surface area contributed by atoms with Gasteiger partial charge in [-0.05, 0) is 47.6 Å². The first kappa shape index (κ1) is 18.1. The lowest BCUT2D eigenvalue weighted by Gasteiger charge is -2.27. The molecule has 3 rings (SSSR count). The molecule has 1 saturated heterocycles. The Labute approximate surface area is 155 Å². The van der Waals surface area contributed by atoms with E-state index in [2.05, 4.69) is 10.4 Å². The van der Waals surface area contributed by atoms with Crippen LogP contribution in [0.5, 0.6) is 0 Å². The van der Waals surface area contributed by atoms with Gasteiger partial charge in [-0.15, -0.1) is 11.8 Å². The number of thioether (sulfide) groups is 1. The number of benzene rings is 1. The Kier molecular flexibility index (Phi) is 5.55. The Morgan fingerprint density at radius 2 is 2.12 bits per heavy atom. The smallest absolute Gasteiger partial charge is 0.324 e. The molecule has 0 saturated carbocycles. The number of aromatic nitrogens is 4. The van der Waals surface area contributed by atoms with Gasteiger partial charge in [0.05, 0.1) is 19.3 Å². The molecule has 1 fully saturated rings. The summed E-state index contributed by atoms with van der Waals surface area (Å²) in [6.45, 7) is 6.33. The molecule has 1 N–H and O–H groups in total. The number of methoxy groups -OCH3 is 1. The van der Waals surface area contributed by atoms with Crippen LogP contribution in [0, 0.1) is 18.6 Å². The number of aryl methyl sites for hydroxylation is 2. The summed E-state index contributed by atoms with van der Waals surface area (Å²) in [6.07, 6.45) is 0. The van der Waals surface area contributed by atoms with Crippen LogP contribution >= 0.6 is 24.0 Å². The number of rotatable bonds is 4. The van der Waals surface area contributed by atoms with Gasteiger partial charge in [0.1, 0.15) is 6.54 Å². The van der Waals surface area contributed by atoms with Crippen LogP contribution in [0.25, 0.3) is 5.69 Å². The predicted octanol–water partition coefficient (Wildman–Crippen LogP) is 0.546. The highest BCUT2D eigenvalue weighted by molar-refractivity contribution is 8.00. The van der Waals surface area contributed by atoms with Crippen molar-refractivity contribution < 1.29 is 14.4 Å². The normalized spacial score (nSPS) is 20.4. The van der Waals surface area contributed by atoms with E-state index in [4.69, 9.17) is 17.0 Å². The number of para-hydroxylation sites is 1. The van der Waals surface area contributed by atoms with Crippen LogP contribution in [-0.4, -0.2) is 57.0 Å². The third-order valence-corrected chi connectivity index (χ3v) is 5.96. The summed E-state index contributed by atoms with van der Waals surface area (Å²) in [5, 5.41) is 8.37. The molecule has 1 unspecified atom stereocenters. The van der Waals surface area contributed by atoms with Gasteiger partial charge < -0.3 is 9.64 Å². The molecule has 7 nitrogen and oxygen atoms in total. The number of tetrazole rings is 1. The van der Waals surface area contributed by atoms with Crippen LogP contribution in [0.4, 0.5) is 0 Å². The van der Waals surface area contributed by atoms with Crippen molar-refractivity contribution >= 4 is 29.9 Å². The summed E-state index contributed by atoms with van der Waals surface area (Å²) in [7, 11) is 1.43. The SMILES string of the molecule is COC(=O)[C@H]1C[NH+](Cn2nnn(-c3c(C)cccc3C)c2=S)CCS1. The summed E-state index contributed by atoms with van der Waals surface area (Å²) in [4.78, 5) is 13.0. The van der Waals surface area contributed by atoms with Gasteiger partial charge in [0, 0.05) is 5.75 Å². The predicted molar refractivity (Wildman–Crippen MR) is 98.6 cm³/mol. The molecule has 0 aliphatic carbocycles. The number of quaternary nitrogens is 1. The maximum atomic E-state index is 11.8. The Morgan fingerprint density at radius 3 is 2.80 bits per heavy atom. The fraction of sp³-hybridized carbons (Fsp3) is 0.500. The zero-order valence-electron chi connectivity index (χ0n) is 14.6. The zero-order valence-corrected chi connectivity index (χ0v) is 16.2.